The van der Waals surface area contributed by atoms with Crippen molar-refractivity contribution >= 4 is 11.8 Å². The minimum Gasteiger partial charge on any atom is -0.378 e. The fourth-order valence-electron chi connectivity index (χ4n) is 3.25. The molecule has 5 nitrogen and oxygen atoms in total. The van der Waals surface area contributed by atoms with Crippen LogP contribution in [0, 0.1) is 0 Å². The number of hydrogen-bond donors (Lipinski definition) is 1. The lowest BCUT2D eigenvalue weighted by molar-refractivity contribution is -0.119. The van der Waals surface area contributed by atoms with E-state index in [1.165, 1.54) is 11.1 Å². The highest BCUT2D eigenvalue weighted by Crippen LogP contribution is 2.23. The number of carbonyl (C=O) groups excluding carboxylic acids is 2. The van der Waals surface area contributed by atoms with Crippen molar-refractivity contribution in [3.05, 3.63) is 34.9 Å². The Morgan fingerprint density at radius 2 is 2.05 bits per heavy atom. The predicted molar refractivity (Wildman–Crippen MR) is 84.9 cm³/mol. The SMILES string of the molecule is CC(=O)NC1CCc2ccc(C(=O)N3CCOCC3)cc2C1.[HH]. The lowest BCUT2D eigenvalue weighted by Gasteiger charge is -2.28. The van der Waals surface area contributed by atoms with Gasteiger partial charge in [-0.3, -0.25) is 9.59 Å². The lowest BCUT2D eigenvalue weighted by atomic mass is 9.87. The highest BCUT2D eigenvalue weighted by atomic mass is 16.5. The summed E-state index contributed by atoms with van der Waals surface area (Å²) in [5.41, 5.74) is 3.22. The number of aryl methyl sites for hydroxylation is 1. The third kappa shape index (κ3) is 3.30. The molecule has 1 unspecified atom stereocenters. The minimum absolute atomic E-state index is 0. The quantitative estimate of drug-likeness (QED) is 0.898. The molecule has 1 aromatic rings. The van der Waals surface area contributed by atoms with Crippen LogP contribution in [0.1, 0.15) is 36.3 Å². The maximum absolute atomic E-state index is 12.5. The molecule has 3 rings (SSSR count). The first-order chi connectivity index (χ1) is 10.6. The van der Waals surface area contributed by atoms with Crippen molar-refractivity contribution in [2.45, 2.75) is 32.2 Å². The average Bonchev–Trinajstić information content (AvgIpc) is 2.54. The molecular formula is C17H24N2O3. The number of ether oxygens (including phenoxy) is 1. The Morgan fingerprint density at radius 1 is 1.27 bits per heavy atom. The van der Waals surface area contributed by atoms with Gasteiger partial charge in [0.2, 0.25) is 5.91 Å². The Balaban J connectivity index is 0.00000192. The van der Waals surface area contributed by atoms with E-state index in [4.69, 9.17) is 4.74 Å². The molecule has 1 heterocycles. The van der Waals surface area contributed by atoms with Crippen LogP contribution in [0.4, 0.5) is 0 Å². The van der Waals surface area contributed by atoms with Gasteiger partial charge in [-0.25, -0.2) is 0 Å². The second-order valence-electron chi connectivity index (χ2n) is 6.03. The predicted octanol–water partition coefficient (Wildman–Crippen LogP) is 1.40. The molecule has 1 N–H and O–H groups in total. The van der Waals surface area contributed by atoms with Gasteiger partial charge in [-0.2, -0.15) is 0 Å². The van der Waals surface area contributed by atoms with Crippen LogP contribution in [-0.4, -0.2) is 49.1 Å². The highest BCUT2D eigenvalue weighted by Gasteiger charge is 2.23. The number of nitrogens with one attached hydrogen (secondary N) is 1. The molecule has 5 heteroatoms. The Kier molecular flexibility index (Phi) is 4.43. The van der Waals surface area contributed by atoms with Crippen molar-refractivity contribution in [3.8, 4) is 0 Å². The molecule has 0 spiro atoms. The van der Waals surface area contributed by atoms with Crippen LogP contribution in [0.5, 0.6) is 0 Å². The number of morpholine rings is 1. The Morgan fingerprint density at radius 3 is 2.77 bits per heavy atom. The number of amides is 2. The number of nitrogens with zero attached hydrogens (tertiary/aromatic N) is 1. The van der Waals surface area contributed by atoms with E-state index in [1.54, 1.807) is 6.92 Å². The second kappa shape index (κ2) is 6.48. The standard InChI is InChI=1S/C17H22N2O3.H2/c1-12(20)18-16-5-4-13-2-3-14(10-15(13)11-16)17(21)19-6-8-22-9-7-19;/h2-3,10,16H,4-9,11H2,1H3,(H,18,20);1H. The van der Waals surface area contributed by atoms with E-state index in [1.807, 2.05) is 17.0 Å². The summed E-state index contributed by atoms with van der Waals surface area (Å²) in [5, 5.41) is 2.98. The largest absolute Gasteiger partial charge is 0.378 e. The van der Waals surface area contributed by atoms with Crippen LogP contribution in [-0.2, 0) is 22.4 Å². The van der Waals surface area contributed by atoms with Crippen LogP contribution in [0.25, 0.3) is 0 Å². The average molecular weight is 304 g/mol. The Hall–Kier alpha value is -1.88. The van der Waals surface area contributed by atoms with Crippen molar-refractivity contribution in [2.75, 3.05) is 26.3 Å². The topological polar surface area (TPSA) is 58.6 Å². The highest BCUT2D eigenvalue weighted by molar-refractivity contribution is 5.94. The van der Waals surface area contributed by atoms with Gasteiger partial charge in [-0.1, -0.05) is 6.07 Å². The Labute approximate surface area is 132 Å². The summed E-state index contributed by atoms with van der Waals surface area (Å²) < 4.78 is 5.29. The zero-order valence-corrected chi connectivity index (χ0v) is 12.9. The van der Waals surface area contributed by atoms with Gasteiger partial charge in [0.1, 0.15) is 0 Å². The molecule has 1 fully saturated rings. The normalized spacial score (nSPS) is 21.1. The zero-order chi connectivity index (χ0) is 15.5. The third-order valence-electron chi connectivity index (χ3n) is 4.39. The van der Waals surface area contributed by atoms with E-state index in [0.717, 1.165) is 24.8 Å². The molecule has 0 saturated carbocycles. The number of benzene rings is 1. The molecule has 0 bridgehead atoms. The number of rotatable bonds is 2. The fourth-order valence-corrected chi connectivity index (χ4v) is 3.25. The summed E-state index contributed by atoms with van der Waals surface area (Å²) >= 11 is 0. The molecule has 1 saturated heterocycles. The molecule has 2 amide bonds. The summed E-state index contributed by atoms with van der Waals surface area (Å²) in [6.45, 7) is 4.09. The summed E-state index contributed by atoms with van der Waals surface area (Å²) in [4.78, 5) is 25.6. The van der Waals surface area contributed by atoms with Gasteiger partial charge < -0.3 is 15.0 Å². The summed E-state index contributed by atoms with van der Waals surface area (Å²) in [7, 11) is 0. The molecular weight excluding hydrogens is 280 g/mol. The van der Waals surface area contributed by atoms with Crippen LogP contribution >= 0.6 is 0 Å². The van der Waals surface area contributed by atoms with Gasteiger partial charge in [-0.15, -0.1) is 0 Å². The second-order valence-corrected chi connectivity index (χ2v) is 6.03. The van der Waals surface area contributed by atoms with E-state index in [2.05, 4.69) is 11.4 Å². The van der Waals surface area contributed by atoms with Gasteiger partial charge in [0.05, 0.1) is 13.2 Å². The summed E-state index contributed by atoms with van der Waals surface area (Å²) in [6.07, 6.45) is 2.72. The number of hydrogen-bond acceptors (Lipinski definition) is 3. The van der Waals surface area contributed by atoms with Crippen molar-refractivity contribution in [1.82, 2.24) is 10.2 Å². The summed E-state index contributed by atoms with van der Waals surface area (Å²) in [6, 6.07) is 6.17. The van der Waals surface area contributed by atoms with Crippen molar-refractivity contribution < 1.29 is 15.8 Å². The van der Waals surface area contributed by atoms with E-state index in [0.29, 0.717) is 26.3 Å². The molecule has 1 aromatic carbocycles. The van der Waals surface area contributed by atoms with Crippen molar-refractivity contribution in [2.24, 2.45) is 0 Å². The Bertz CT molecular complexity index is 585. The van der Waals surface area contributed by atoms with E-state index in [-0.39, 0.29) is 19.3 Å². The van der Waals surface area contributed by atoms with E-state index < -0.39 is 0 Å². The third-order valence-corrected chi connectivity index (χ3v) is 4.39. The molecule has 1 aliphatic carbocycles. The maximum Gasteiger partial charge on any atom is 0.254 e. The van der Waals surface area contributed by atoms with Crippen LogP contribution in [0.15, 0.2) is 18.2 Å². The van der Waals surface area contributed by atoms with Crippen LogP contribution in [0.3, 0.4) is 0 Å². The molecule has 0 aromatic heterocycles. The van der Waals surface area contributed by atoms with Crippen LogP contribution in [0.2, 0.25) is 0 Å². The van der Waals surface area contributed by atoms with Crippen molar-refractivity contribution in [3.63, 3.8) is 0 Å². The zero-order valence-electron chi connectivity index (χ0n) is 12.9. The lowest BCUT2D eigenvalue weighted by Crippen LogP contribution is -2.41. The van der Waals surface area contributed by atoms with Gasteiger partial charge in [-0.05, 0) is 42.5 Å². The smallest absolute Gasteiger partial charge is 0.254 e. The van der Waals surface area contributed by atoms with E-state index >= 15 is 0 Å². The molecule has 1 aliphatic heterocycles. The number of fused-ring (bicyclic) bond motifs is 1. The molecule has 2 aliphatic rings. The van der Waals surface area contributed by atoms with Gasteiger partial charge in [0.25, 0.3) is 5.91 Å². The first-order valence-corrected chi connectivity index (χ1v) is 7.89. The maximum atomic E-state index is 12.5. The van der Waals surface area contributed by atoms with E-state index in [9.17, 15) is 9.59 Å². The van der Waals surface area contributed by atoms with Gasteiger partial charge >= 0.3 is 0 Å². The first-order valence-electron chi connectivity index (χ1n) is 7.89. The molecule has 0 radical (unpaired) electrons. The van der Waals surface area contributed by atoms with Gasteiger partial charge in [0, 0.05) is 33.0 Å². The van der Waals surface area contributed by atoms with Gasteiger partial charge in [0.15, 0.2) is 0 Å². The fraction of sp³-hybridized carbons (Fsp3) is 0.529. The minimum atomic E-state index is 0. The monoisotopic (exact) mass is 304 g/mol. The molecule has 120 valence electrons. The molecule has 22 heavy (non-hydrogen) atoms. The first kappa shape index (κ1) is 15.0. The molecule has 1 atom stereocenters. The number of carbonyl (C=O) groups is 2. The van der Waals surface area contributed by atoms with Crippen LogP contribution < -0.4 is 5.32 Å². The van der Waals surface area contributed by atoms with Crippen molar-refractivity contribution in [1.29, 1.82) is 0 Å². The summed E-state index contributed by atoms with van der Waals surface area (Å²) in [5.74, 6) is 0.0850.